The smallest absolute Gasteiger partial charge is 0.274 e. The molecule has 8 heteroatoms. The quantitative estimate of drug-likeness (QED) is 0.346. The minimum Gasteiger partial charge on any atom is -0.496 e. The van der Waals surface area contributed by atoms with Gasteiger partial charge >= 0.3 is 0 Å². The molecule has 5 aromatic rings. The van der Waals surface area contributed by atoms with Gasteiger partial charge in [-0.05, 0) is 30.7 Å². The molecule has 0 saturated heterocycles. The Morgan fingerprint density at radius 1 is 1.06 bits per heavy atom. The lowest BCUT2D eigenvalue weighted by Gasteiger charge is -2.10. The Labute approximate surface area is 202 Å². The van der Waals surface area contributed by atoms with E-state index < -0.39 is 0 Å². The standard InChI is InChI=1S/C27H25N5O3/c1-3-9-23-25(27(33)28-17-19-12-7-8-13-24(19)34-2)29-31-32(23)20-14-15-22-21(16-20)26(35-30-22)18-10-5-4-6-11-18/h4-8,10-16H,3,9,17H2,1-2H3,(H,28,33). The highest BCUT2D eigenvalue weighted by Crippen LogP contribution is 2.30. The molecule has 1 amide bonds. The van der Waals surface area contributed by atoms with Crippen LogP contribution >= 0.6 is 0 Å². The molecule has 0 atom stereocenters. The van der Waals surface area contributed by atoms with Crippen LogP contribution in [0.3, 0.4) is 0 Å². The lowest BCUT2D eigenvalue weighted by Crippen LogP contribution is -2.25. The molecule has 0 radical (unpaired) electrons. The highest BCUT2D eigenvalue weighted by Gasteiger charge is 2.21. The van der Waals surface area contributed by atoms with Gasteiger partial charge in [0.15, 0.2) is 11.5 Å². The van der Waals surface area contributed by atoms with Crippen molar-refractivity contribution in [1.82, 2.24) is 25.5 Å². The van der Waals surface area contributed by atoms with Gasteiger partial charge in [0.25, 0.3) is 5.91 Å². The molecule has 0 aliphatic heterocycles. The SMILES string of the molecule is CCCc1c(C(=O)NCc2ccccc2OC)nnn1-c1ccc2noc(-c3ccccc3)c2c1. The van der Waals surface area contributed by atoms with E-state index in [1.165, 1.54) is 0 Å². The Morgan fingerprint density at radius 2 is 1.86 bits per heavy atom. The van der Waals surface area contributed by atoms with E-state index in [2.05, 4.69) is 27.7 Å². The van der Waals surface area contributed by atoms with E-state index in [9.17, 15) is 4.79 Å². The fourth-order valence-corrected chi connectivity index (χ4v) is 4.11. The number of amides is 1. The maximum atomic E-state index is 13.1. The van der Waals surface area contributed by atoms with Crippen molar-refractivity contribution in [2.24, 2.45) is 0 Å². The van der Waals surface area contributed by atoms with Gasteiger partial charge in [-0.15, -0.1) is 5.10 Å². The second-order valence-corrected chi connectivity index (χ2v) is 8.12. The Hall–Kier alpha value is -4.46. The summed E-state index contributed by atoms with van der Waals surface area (Å²) in [5.41, 5.74) is 4.43. The number of benzene rings is 3. The van der Waals surface area contributed by atoms with Crippen molar-refractivity contribution in [3.8, 4) is 22.8 Å². The van der Waals surface area contributed by atoms with Crippen LogP contribution in [-0.2, 0) is 13.0 Å². The Morgan fingerprint density at radius 3 is 2.66 bits per heavy atom. The maximum absolute atomic E-state index is 13.1. The zero-order chi connectivity index (χ0) is 24.2. The van der Waals surface area contributed by atoms with Gasteiger partial charge in [-0.25, -0.2) is 4.68 Å². The van der Waals surface area contributed by atoms with Gasteiger partial charge in [-0.3, -0.25) is 4.79 Å². The first-order chi connectivity index (χ1) is 17.2. The summed E-state index contributed by atoms with van der Waals surface area (Å²) in [4.78, 5) is 13.1. The molecule has 0 aliphatic carbocycles. The fourth-order valence-electron chi connectivity index (χ4n) is 4.11. The number of carbonyl (C=O) groups excluding carboxylic acids is 1. The monoisotopic (exact) mass is 467 g/mol. The number of methoxy groups -OCH3 is 1. The van der Waals surface area contributed by atoms with Crippen molar-refractivity contribution >= 4 is 16.8 Å². The van der Waals surface area contributed by atoms with Crippen LogP contribution in [0, 0.1) is 0 Å². The number of hydrogen-bond donors (Lipinski definition) is 1. The largest absolute Gasteiger partial charge is 0.496 e. The van der Waals surface area contributed by atoms with E-state index in [1.54, 1.807) is 11.8 Å². The molecule has 0 fully saturated rings. The van der Waals surface area contributed by atoms with E-state index in [0.717, 1.165) is 45.6 Å². The molecule has 5 rings (SSSR count). The average Bonchev–Trinajstić information content (AvgIpc) is 3.52. The van der Waals surface area contributed by atoms with E-state index in [0.29, 0.717) is 24.4 Å². The van der Waals surface area contributed by atoms with Crippen LogP contribution in [0.2, 0.25) is 0 Å². The maximum Gasteiger partial charge on any atom is 0.274 e. The van der Waals surface area contributed by atoms with Gasteiger partial charge in [0, 0.05) is 17.7 Å². The summed E-state index contributed by atoms with van der Waals surface area (Å²) in [6.07, 6.45) is 1.49. The van der Waals surface area contributed by atoms with Gasteiger partial charge in [0.1, 0.15) is 11.3 Å². The lowest BCUT2D eigenvalue weighted by atomic mass is 10.1. The number of fused-ring (bicyclic) bond motifs is 1. The number of hydrogen-bond acceptors (Lipinski definition) is 6. The minimum absolute atomic E-state index is 0.276. The van der Waals surface area contributed by atoms with E-state index >= 15 is 0 Å². The van der Waals surface area contributed by atoms with Crippen LogP contribution in [0.1, 0.15) is 35.1 Å². The van der Waals surface area contributed by atoms with Gasteiger partial charge in [-0.1, -0.05) is 72.2 Å². The van der Waals surface area contributed by atoms with Crippen LogP contribution < -0.4 is 10.1 Å². The summed E-state index contributed by atoms with van der Waals surface area (Å²) >= 11 is 0. The molecular weight excluding hydrogens is 442 g/mol. The van der Waals surface area contributed by atoms with E-state index in [1.807, 2.05) is 72.8 Å². The molecule has 2 heterocycles. The van der Waals surface area contributed by atoms with Crippen LogP contribution in [0.15, 0.2) is 77.3 Å². The number of ether oxygens (including phenoxy) is 1. The van der Waals surface area contributed by atoms with Crippen molar-refractivity contribution in [2.75, 3.05) is 7.11 Å². The third-order valence-corrected chi connectivity index (χ3v) is 5.84. The van der Waals surface area contributed by atoms with Gasteiger partial charge in [0.05, 0.1) is 23.9 Å². The predicted octanol–water partition coefficient (Wildman–Crippen LogP) is 4.97. The topological polar surface area (TPSA) is 95.1 Å². The molecular formula is C27H25N5O3. The zero-order valence-corrected chi connectivity index (χ0v) is 19.6. The summed E-state index contributed by atoms with van der Waals surface area (Å²) < 4.78 is 12.7. The number of rotatable bonds is 8. The number of carbonyl (C=O) groups is 1. The Kier molecular flexibility index (Phi) is 6.26. The van der Waals surface area contributed by atoms with E-state index in [4.69, 9.17) is 9.26 Å². The van der Waals surface area contributed by atoms with Crippen LogP contribution in [0.4, 0.5) is 0 Å². The second-order valence-electron chi connectivity index (χ2n) is 8.12. The first kappa shape index (κ1) is 22.3. The molecule has 1 N–H and O–H groups in total. The third kappa shape index (κ3) is 4.38. The van der Waals surface area contributed by atoms with Crippen LogP contribution in [0.5, 0.6) is 5.75 Å². The number of aromatic nitrogens is 4. The van der Waals surface area contributed by atoms with Crippen molar-refractivity contribution in [2.45, 2.75) is 26.3 Å². The van der Waals surface area contributed by atoms with Gasteiger partial charge in [-0.2, -0.15) is 0 Å². The third-order valence-electron chi connectivity index (χ3n) is 5.84. The number of para-hydroxylation sites is 1. The summed E-state index contributed by atoms with van der Waals surface area (Å²) in [7, 11) is 1.61. The molecule has 35 heavy (non-hydrogen) atoms. The molecule has 0 bridgehead atoms. The molecule has 0 saturated carbocycles. The summed E-state index contributed by atoms with van der Waals surface area (Å²) in [5.74, 6) is 1.14. The summed E-state index contributed by atoms with van der Waals surface area (Å²) in [6.45, 7) is 2.39. The normalized spacial score (nSPS) is 11.0. The summed E-state index contributed by atoms with van der Waals surface area (Å²) in [6, 6.07) is 23.2. The van der Waals surface area contributed by atoms with Gasteiger partial charge < -0.3 is 14.6 Å². The molecule has 0 aliphatic rings. The zero-order valence-electron chi connectivity index (χ0n) is 19.6. The average molecular weight is 468 g/mol. The molecule has 0 unspecified atom stereocenters. The number of nitrogens with one attached hydrogen (secondary N) is 1. The van der Waals surface area contributed by atoms with Gasteiger partial charge in [0.2, 0.25) is 0 Å². The van der Waals surface area contributed by atoms with Crippen LogP contribution in [0.25, 0.3) is 27.9 Å². The van der Waals surface area contributed by atoms with E-state index in [-0.39, 0.29) is 5.91 Å². The number of nitrogens with zero attached hydrogens (tertiary/aromatic N) is 4. The summed E-state index contributed by atoms with van der Waals surface area (Å²) in [5, 5.41) is 16.6. The van der Waals surface area contributed by atoms with Crippen LogP contribution in [-0.4, -0.2) is 33.2 Å². The fraction of sp³-hybridized carbons (Fsp3) is 0.185. The second kappa shape index (κ2) is 9.80. The highest BCUT2D eigenvalue weighted by molar-refractivity contribution is 5.94. The van der Waals surface area contributed by atoms with Crippen molar-refractivity contribution in [3.63, 3.8) is 0 Å². The Balaban J connectivity index is 1.47. The molecule has 3 aromatic carbocycles. The molecule has 176 valence electrons. The minimum atomic E-state index is -0.276. The van der Waals surface area contributed by atoms with Crippen molar-refractivity contribution < 1.29 is 14.1 Å². The lowest BCUT2D eigenvalue weighted by molar-refractivity contribution is 0.0944. The highest BCUT2D eigenvalue weighted by atomic mass is 16.5. The predicted molar refractivity (Wildman–Crippen MR) is 133 cm³/mol. The first-order valence-electron chi connectivity index (χ1n) is 11.5. The van der Waals surface area contributed by atoms with Crippen molar-refractivity contribution in [3.05, 3.63) is 89.7 Å². The molecule has 8 nitrogen and oxygen atoms in total. The Bertz CT molecular complexity index is 1470. The first-order valence-corrected chi connectivity index (χ1v) is 11.5. The van der Waals surface area contributed by atoms with Crippen molar-refractivity contribution in [1.29, 1.82) is 0 Å². The molecule has 2 aromatic heterocycles. The molecule has 0 spiro atoms.